The number of nitrogens with zero attached hydrogens (tertiary/aromatic N) is 5. The van der Waals surface area contributed by atoms with Crippen molar-refractivity contribution in [1.82, 2.24) is 20.3 Å². The third-order valence-corrected chi connectivity index (χ3v) is 8.04. The van der Waals surface area contributed by atoms with E-state index < -0.39 is 11.7 Å². The van der Waals surface area contributed by atoms with Crippen LogP contribution < -0.4 is 20.4 Å². The molecule has 212 valence electrons. The van der Waals surface area contributed by atoms with Crippen LogP contribution in [0.4, 0.5) is 27.7 Å². The molecule has 9 nitrogen and oxygen atoms in total. The number of anilines is 4. The first-order chi connectivity index (χ1) is 20.0. The maximum atomic E-state index is 15.7. The summed E-state index contributed by atoms with van der Waals surface area (Å²) in [4.78, 5) is 31.3. The summed E-state index contributed by atoms with van der Waals surface area (Å²) >= 11 is 0. The molecule has 4 aromatic rings. The van der Waals surface area contributed by atoms with Crippen molar-refractivity contribution in [2.24, 2.45) is 0 Å². The Kier molecular flexibility index (Phi) is 7.76. The second-order valence-electron chi connectivity index (χ2n) is 10.7. The first-order valence-electron chi connectivity index (χ1n) is 14.2. The normalized spacial score (nSPS) is 19.0. The van der Waals surface area contributed by atoms with E-state index in [9.17, 15) is 9.90 Å². The third kappa shape index (κ3) is 5.45. The van der Waals surface area contributed by atoms with Gasteiger partial charge >= 0.3 is 0 Å². The van der Waals surface area contributed by atoms with Gasteiger partial charge in [0, 0.05) is 36.6 Å². The Morgan fingerprint density at radius 2 is 2.02 bits per heavy atom. The number of carbonyl (C=O) groups excluding carboxylic acids is 1. The van der Waals surface area contributed by atoms with Crippen molar-refractivity contribution in [2.45, 2.75) is 44.7 Å². The number of pyridine rings is 1. The van der Waals surface area contributed by atoms with E-state index in [1.54, 1.807) is 29.4 Å². The zero-order valence-corrected chi connectivity index (χ0v) is 23.1. The number of aromatic nitrogens is 3. The molecule has 2 fully saturated rings. The van der Waals surface area contributed by atoms with Gasteiger partial charge in [-0.2, -0.15) is 4.98 Å². The average Bonchev–Trinajstić information content (AvgIpc) is 3.47. The van der Waals surface area contributed by atoms with E-state index in [0.717, 1.165) is 55.1 Å². The van der Waals surface area contributed by atoms with Gasteiger partial charge in [-0.3, -0.25) is 9.69 Å². The van der Waals surface area contributed by atoms with Gasteiger partial charge < -0.3 is 20.6 Å². The number of aliphatic hydroxyl groups excluding tert-OH is 1. The number of fused-ring (bicyclic) bond motifs is 1. The Bertz CT molecular complexity index is 1550. The lowest BCUT2D eigenvalue weighted by atomic mass is 10.0. The predicted molar refractivity (Wildman–Crippen MR) is 158 cm³/mol. The minimum Gasteiger partial charge on any atom is -0.394 e. The van der Waals surface area contributed by atoms with Gasteiger partial charge in [0.2, 0.25) is 5.95 Å². The van der Waals surface area contributed by atoms with E-state index in [-0.39, 0.29) is 24.3 Å². The standard InChI is InChI=1S/C31H34FN7O2/c1-20-5-2-6-21-11-14-34-29(28(20)21)39(23-7-3-13-33-18-23)30(41)25-10-9-22(17-26(25)32)36-31-35-15-12-27(37-31)38-16-4-8-24(38)19-40/h2,5-6,9-12,14-15,17,23-24,33,40H,3-4,7-8,13,16,18-19H2,1H3,(H,35,36,37)/t23-,24-/m1/s1. The van der Waals surface area contributed by atoms with E-state index in [2.05, 4.69) is 30.5 Å². The summed E-state index contributed by atoms with van der Waals surface area (Å²) in [5, 5.41) is 18.0. The topological polar surface area (TPSA) is 107 Å². The molecule has 0 radical (unpaired) electrons. The summed E-state index contributed by atoms with van der Waals surface area (Å²) in [6.07, 6.45) is 6.95. The van der Waals surface area contributed by atoms with Crippen LogP contribution in [0.25, 0.3) is 10.8 Å². The summed E-state index contributed by atoms with van der Waals surface area (Å²) in [6.45, 7) is 4.37. The number of aliphatic hydroxyl groups is 1. The number of rotatable bonds is 7. The van der Waals surface area contributed by atoms with Crippen LogP contribution in [0.2, 0.25) is 0 Å². The highest BCUT2D eigenvalue weighted by Gasteiger charge is 2.32. The van der Waals surface area contributed by atoms with E-state index in [1.165, 1.54) is 12.1 Å². The number of piperidine rings is 1. The fourth-order valence-electron chi connectivity index (χ4n) is 5.98. The maximum Gasteiger partial charge on any atom is 0.262 e. The molecule has 4 heterocycles. The number of amides is 1. The summed E-state index contributed by atoms with van der Waals surface area (Å²) < 4.78 is 15.7. The van der Waals surface area contributed by atoms with Crippen molar-refractivity contribution in [3.8, 4) is 0 Å². The van der Waals surface area contributed by atoms with Gasteiger partial charge in [0.05, 0.1) is 24.3 Å². The van der Waals surface area contributed by atoms with Gasteiger partial charge in [0.25, 0.3) is 5.91 Å². The average molecular weight is 556 g/mol. The van der Waals surface area contributed by atoms with E-state index in [1.807, 2.05) is 31.2 Å². The Hall–Kier alpha value is -4.15. The number of benzene rings is 2. The maximum absolute atomic E-state index is 15.7. The summed E-state index contributed by atoms with van der Waals surface area (Å²) in [7, 11) is 0. The Labute approximate surface area is 238 Å². The minimum atomic E-state index is -0.637. The summed E-state index contributed by atoms with van der Waals surface area (Å²) in [5.41, 5.74) is 1.42. The van der Waals surface area contributed by atoms with Gasteiger partial charge in [-0.15, -0.1) is 0 Å². The van der Waals surface area contributed by atoms with Crippen LogP contribution >= 0.6 is 0 Å². The predicted octanol–water partition coefficient (Wildman–Crippen LogP) is 4.58. The van der Waals surface area contributed by atoms with Crippen LogP contribution in [0.3, 0.4) is 0 Å². The van der Waals surface area contributed by atoms with E-state index >= 15 is 4.39 Å². The van der Waals surface area contributed by atoms with Crippen LogP contribution in [0, 0.1) is 12.7 Å². The molecule has 6 rings (SSSR count). The second-order valence-corrected chi connectivity index (χ2v) is 10.7. The van der Waals surface area contributed by atoms with Gasteiger partial charge in [-0.05, 0) is 80.4 Å². The molecule has 41 heavy (non-hydrogen) atoms. The van der Waals surface area contributed by atoms with Crippen molar-refractivity contribution in [3.05, 3.63) is 77.9 Å². The molecule has 10 heteroatoms. The van der Waals surface area contributed by atoms with Crippen molar-refractivity contribution in [3.63, 3.8) is 0 Å². The molecular weight excluding hydrogens is 521 g/mol. The lowest BCUT2D eigenvalue weighted by molar-refractivity contribution is 0.0968. The molecular formula is C31H34FN7O2. The lowest BCUT2D eigenvalue weighted by Crippen LogP contribution is -2.49. The Morgan fingerprint density at radius 1 is 1.15 bits per heavy atom. The molecule has 0 aliphatic carbocycles. The number of aryl methyl sites for hydroxylation is 1. The van der Waals surface area contributed by atoms with Crippen molar-refractivity contribution >= 4 is 40.0 Å². The lowest BCUT2D eigenvalue weighted by Gasteiger charge is -2.35. The van der Waals surface area contributed by atoms with Crippen molar-refractivity contribution < 1.29 is 14.3 Å². The van der Waals surface area contributed by atoms with Crippen LogP contribution in [0.5, 0.6) is 0 Å². The SMILES string of the molecule is Cc1cccc2ccnc(N(C(=O)c3ccc(Nc4nccc(N5CCC[C@@H]5CO)n4)cc3F)[C@@H]3CCCNC3)c12. The van der Waals surface area contributed by atoms with Gasteiger partial charge in [0.15, 0.2) is 0 Å². The molecule has 2 aliphatic heterocycles. The molecule has 2 aromatic heterocycles. The first-order valence-corrected chi connectivity index (χ1v) is 14.2. The van der Waals surface area contributed by atoms with Crippen LogP contribution in [-0.2, 0) is 0 Å². The number of carbonyl (C=O) groups is 1. The van der Waals surface area contributed by atoms with Gasteiger partial charge in [-0.25, -0.2) is 14.4 Å². The van der Waals surface area contributed by atoms with Crippen molar-refractivity contribution in [2.75, 3.05) is 41.4 Å². The first kappa shape index (κ1) is 27.0. The number of halogens is 1. The smallest absolute Gasteiger partial charge is 0.262 e. The number of nitrogens with one attached hydrogen (secondary N) is 2. The largest absolute Gasteiger partial charge is 0.394 e. The van der Waals surface area contributed by atoms with Crippen molar-refractivity contribution in [1.29, 1.82) is 0 Å². The zero-order chi connectivity index (χ0) is 28.3. The van der Waals surface area contributed by atoms with E-state index in [0.29, 0.717) is 29.8 Å². The quantitative estimate of drug-likeness (QED) is 0.304. The molecule has 1 amide bonds. The van der Waals surface area contributed by atoms with Gasteiger partial charge in [-0.1, -0.05) is 18.2 Å². The van der Waals surface area contributed by atoms with Crippen LogP contribution in [0.1, 0.15) is 41.6 Å². The molecule has 2 aromatic carbocycles. The fraction of sp³-hybridized carbons (Fsp3) is 0.355. The molecule has 0 unspecified atom stereocenters. The molecule has 0 spiro atoms. The molecule has 0 bridgehead atoms. The Balaban J connectivity index is 1.30. The highest BCUT2D eigenvalue weighted by Crippen LogP contribution is 2.32. The van der Waals surface area contributed by atoms with Crippen LogP contribution in [0.15, 0.2) is 60.9 Å². The summed E-state index contributed by atoms with van der Waals surface area (Å²) in [5.74, 6) is 0.514. The second kappa shape index (κ2) is 11.8. The number of hydrogen-bond acceptors (Lipinski definition) is 8. The third-order valence-electron chi connectivity index (χ3n) is 8.04. The molecule has 2 atom stereocenters. The zero-order valence-electron chi connectivity index (χ0n) is 23.1. The molecule has 3 N–H and O–H groups in total. The molecule has 2 saturated heterocycles. The molecule has 0 saturated carbocycles. The Morgan fingerprint density at radius 3 is 2.83 bits per heavy atom. The van der Waals surface area contributed by atoms with Crippen LogP contribution in [-0.4, -0.2) is 64.3 Å². The highest BCUT2D eigenvalue weighted by atomic mass is 19.1. The fourth-order valence-corrected chi connectivity index (χ4v) is 5.98. The monoisotopic (exact) mass is 555 g/mol. The van der Waals surface area contributed by atoms with Gasteiger partial charge in [0.1, 0.15) is 17.5 Å². The highest BCUT2D eigenvalue weighted by molar-refractivity contribution is 6.11. The minimum absolute atomic E-state index is 0.0222. The number of hydrogen-bond donors (Lipinski definition) is 3. The molecule has 2 aliphatic rings. The summed E-state index contributed by atoms with van der Waals surface area (Å²) in [6, 6.07) is 14.1. The van der Waals surface area contributed by atoms with E-state index in [4.69, 9.17) is 0 Å².